The quantitative estimate of drug-likeness (QED) is 0.839. The lowest BCUT2D eigenvalue weighted by molar-refractivity contribution is -0.125. The summed E-state index contributed by atoms with van der Waals surface area (Å²) in [4.78, 5) is 28.2. The Morgan fingerprint density at radius 2 is 1.88 bits per heavy atom. The highest BCUT2D eigenvalue weighted by atomic mass is 32.1. The fourth-order valence-corrected chi connectivity index (χ4v) is 3.49. The van der Waals surface area contributed by atoms with Crippen molar-refractivity contribution in [1.29, 1.82) is 0 Å². The molecule has 0 unspecified atom stereocenters. The maximum atomic E-state index is 12.0. The van der Waals surface area contributed by atoms with E-state index < -0.39 is 0 Å². The van der Waals surface area contributed by atoms with Gasteiger partial charge in [-0.05, 0) is 23.3 Å². The Morgan fingerprint density at radius 1 is 1.23 bits per heavy atom. The second kappa shape index (κ2) is 7.19. The Morgan fingerprint density at radius 3 is 2.46 bits per heavy atom. The van der Waals surface area contributed by atoms with Crippen LogP contribution in [0.1, 0.15) is 39.7 Å². The number of hydrogen-bond acceptors (Lipinski definition) is 4. The molecule has 3 rings (SSSR count). The lowest BCUT2D eigenvalue weighted by atomic mass is 9.86. The number of carbonyl (C=O) groups is 2. The van der Waals surface area contributed by atoms with E-state index in [1.165, 1.54) is 16.9 Å². The minimum atomic E-state index is -0.254. The van der Waals surface area contributed by atoms with Gasteiger partial charge in [-0.25, -0.2) is 4.98 Å². The Hall–Kier alpha value is -2.21. The lowest BCUT2D eigenvalue weighted by Gasteiger charge is -2.18. The number of benzene rings is 1. The van der Waals surface area contributed by atoms with E-state index in [4.69, 9.17) is 0 Å². The number of carbonyl (C=O) groups excluding carboxylic acids is 2. The molecule has 1 aliphatic carbocycles. The van der Waals surface area contributed by atoms with Gasteiger partial charge in [0.15, 0.2) is 5.13 Å². The minimum Gasteiger partial charge on any atom is -0.347 e. The monoisotopic (exact) mass is 371 g/mol. The molecule has 1 fully saturated rings. The number of hydrogen-bond donors (Lipinski definition) is 2. The largest absolute Gasteiger partial charge is 0.347 e. The third-order valence-electron chi connectivity index (χ3n) is 4.67. The number of rotatable bonds is 5. The van der Waals surface area contributed by atoms with E-state index in [0.717, 1.165) is 17.7 Å². The summed E-state index contributed by atoms with van der Waals surface area (Å²) < 4.78 is 0. The zero-order chi connectivity index (χ0) is 18.9. The molecule has 0 spiro atoms. The zero-order valence-corrected chi connectivity index (χ0v) is 16.4. The van der Waals surface area contributed by atoms with Gasteiger partial charge in [0.2, 0.25) is 11.8 Å². The topological polar surface area (TPSA) is 71.1 Å². The molecular weight excluding hydrogens is 346 g/mol. The molecule has 2 N–H and O–H groups in total. The third kappa shape index (κ3) is 4.49. The van der Waals surface area contributed by atoms with Gasteiger partial charge in [-0.15, -0.1) is 11.3 Å². The fraction of sp³-hybridized carbons (Fsp3) is 0.450. The second-order valence-electron chi connectivity index (χ2n) is 7.95. The first-order valence-corrected chi connectivity index (χ1v) is 9.76. The number of nitrogens with zero attached hydrogens (tertiary/aromatic N) is 1. The molecule has 1 heterocycles. The van der Waals surface area contributed by atoms with Gasteiger partial charge >= 0.3 is 0 Å². The van der Waals surface area contributed by atoms with E-state index in [2.05, 4.69) is 60.7 Å². The van der Waals surface area contributed by atoms with Crippen LogP contribution >= 0.6 is 11.3 Å². The van der Waals surface area contributed by atoms with Gasteiger partial charge in [0.1, 0.15) is 0 Å². The zero-order valence-electron chi connectivity index (χ0n) is 15.6. The van der Waals surface area contributed by atoms with Crippen molar-refractivity contribution in [2.45, 2.75) is 39.5 Å². The lowest BCUT2D eigenvalue weighted by Crippen LogP contribution is -2.34. The predicted molar refractivity (Wildman–Crippen MR) is 105 cm³/mol. The highest BCUT2D eigenvalue weighted by molar-refractivity contribution is 7.14. The van der Waals surface area contributed by atoms with Crippen LogP contribution in [0.2, 0.25) is 0 Å². The first kappa shape index (κ1) is 18.6. The van der Waals surface area contributed by atoms with Crippen molar-refractivity contribution in [2.75, 3.05) is 11.9 Å². The molecule has 0 bridgehead atoms. The van der Waals surface area contributed by atoms with Gasteiger partial charge in [0.05, 0.1) is 12.2 Å². The van der Waals surface area contributed by atoms with Crippen molar-refractivity contribution in [3.63, 3.8) is 0 Å². The van der Waals surface area contributed by atoms with Crippen molar-refractivity contribution < 1.29 is 9.59 Å². The van der Waals surface area contributed by atoms with Crippen LogP contribution in [-0.2, 0) is 15.0 Å². The van der Waals surface area contributed by atoms with E-state index in [0.29, 0.717) is 11.0 Å². The van der Waals surface area contributed by atoms with Gasteiger partial charge < -0.3 is 10.6 Å². The van der Waals surface area contributed by atoms with E-state index >= 15 is 0 Å². The van der Waals surface area contributed by atoms with Crippen LogP contribution in [0, 0.1) is 11.8 Å². The molecule has 1 aliphatic rings. The summed E-state index contributed by atoms with van der Waals surface area (Å²) in [5, 5.41) is 7.89. The molecular formula is C20H25N3O2S. The molecule has 138 valence electrons. The Kier molecular flexibility index (Phi) is 5.14. The van der Waals surface area contributed by atoms with Gasteiger partial charge in [-0.3, -0.25) is 9.59 Å². The number of aromatic nitrogens is 1. The first-order chi connectivity index (χ1) is 12.2. The van der Waals surface area contributed by atoms with Crippen LogP contribution in [0.3, 0.4) is 0 Å². The van der Waals surface area contributed by atoms with Gasteiger partial charge in [0.25, 0.3) is 0 Å². The first-order valence-electron chi connectivity index (χ1n) is 8.88. The van der Waals surface area contributed by atoms with Crippen LogP contribution in [0.25, 0.3) is 11.3 Å². The molecule has 0 radical (unpaired) electrons. The van der Waals surface area contributed by atoms with Crippen molar-refractivity contribution in [1.82, 2.24) is 10.3 Å². The van der Waals surface area contributed by atoms with Crippen molar-refractivity contribution in [3.05, 3.63) is 35.2 Å². The second-order valence-corrected chi connectivity index (χ2v) is 8.81. The highest BCUT2D eigenvalue weighted by Gasteiger charge is 2.38. The van der Waals surface area contributed by atoms with Gasteiger partial charge in [-0.2, -0.15) is 0 Å². The summed E-state index contributed by atoms with van der Waals surface area (Å²) in [7, 11) is 0. The molecule has 6 heteroatoms. The highest BCUT2D eigenvalue weighted by Crippen LogP contribution is 2.37. The van der Waals surface area contributed by atoms with E-state index in [-0.39, 0.29) is 29.7 Å². The van der Waals surface area contributed by atoms with Crippen LogP contribution in [0.15, 0.2) is 29.6 Å². The third-order valence-corrected chi connectivity index (χ3v) is 5.42. The minimum absolute atomic E-state index is 0.0166. The molecule has 2 atom stereocenters. The maximum Gasteiger partial charge on any atom is 0.245 e. The van der Waals surface area contributed by atoms with Crippen molar-refractivity contribution in [2.24, 2.45) is 11.8 Å². The number of nitrogens with one attached hydrogen (secondary N) is 2. The van der Waals surface area contributed by atoms with Crippen LogP contribution < -0.4 is 10.6 Å². The summed E-state index contributed by atoms with van der Waals surface area (Å²) in [5.41, 5.74) is 3.24. The van der Waals surface area contributed by atoms with Crippen molar-refractivity contribution >= 4 is 28.3 Å². The van der Waals surface area contributed by atoms with Crippen molar-refractivity contribution in [3.8, 4) is 11.3 Å². The molecule has 1 saturated carbocycles. The molecule has 0 saturated heterocycles. The van der Waals surface area contributed by atoms with Crippen LogP contribution in [0.4, 0.5) is 5.13 Å². The Labute approximate surface area is 158 Å². The van der Waals surface area contributed by atoms with E-state index in [9.17, 15) is 9.59 Å². The van der Waals surface area contributed by atoms with E-state index in [1.807, 2.05) is 12.3 Å². The van der Waals surface area contributed by atoms with Gasteiger partial charge in [-0.1, -0.05) is 52.0 Å². The number of anilines is 1. The number of thiazole rings is 1. The summed E-state index contributed by atoms with van der Waals surface area (Å²) in [6.07, 6.45) is 0.914. The average Bonchev–Trinajstić information content (AvgIpc) is 3.14. The summed E-state index contributed by atoms with van der Waals surface area (Å²) in [5.74, 6) is 0.219. The summed E-state index contributed by atoms with van der Waals surface area (Å²) in [6, 6.07) is 8.33. The van der Waals surface area contributed by atoms with Crippen LogP contribution in [-0.4, -0.2) is 23.3 Å². The van der Waals surface area contributed by atoms with E-state index in [1.54, 1.807) is 0 Å². The van der Waals surface area contributed by atoms with Crippen LogP contribution in [0.5, 0.6) is 0 Å². The number of amides is 2. The molecule has 5 nitrogen and oxygen atoms in total. The molecule has 0 aliphatic heterocycles. The van der Waals surface area contributed by atoms with Gasteiger partial charge in [0, 0.05) is 16.9 Å². The fourth-order valence-electron chi connectivity index (χ4n) is 2.75. The normalized spacial score (nSPS) is 19.1. The Balaban J connectivity index is 1.55. The average molecular weight is 372 g/mol. The molecule has 2 amide bonds. The smallest absolute Gasteiger partial charge is 0.245 e. The summed E-state index contributed by atoms with van der Waals surface area (Å²) >= 11 is 1.38. The Bertz CT molecular complexity index is 805. The molecule has 26 heavy (non-hydrogen) atoms. The predicted octanol–water partition coefficient (Wildman–Crippen LogP) is 3.82. The maximum absolute atomic E-state index is 12.0. The molecule has 1 aromatic carbocycles. The molecule has 2 aromatic rings. The SMILES string of the molecule is C[C@@H]1C[C@H]1C(=O)NCC(=O)Nc1nc(-c2ccc(C(C)(C)C)cc2)cs1. The standard InChI is InChI=1S/C20H25N3O2S/c1-12-9-15(12)18(25)21-10-17(24)23-19-22-16(11-26-19)13-5-7-14(8-6-13)20(2,3)4/h5-8,11-12,15H,9-10H2,1-4H3,(H,21,25)(H,22,23,24)/t12-,15-/m1/s1. The molecule has 1 aromatic heterocycles. The summed E-state index contributed by atoms with van der Waals surface area (Å²) in [6.45, 7) is 8.57.